The maximum atomic E-state index is 13.2. The minimum absolute atomic E-state index is 0.0171. The number of carbonyl (C=O) groups excluding carboxylic acids is 1. The smallest absolute Gasteiger partial charge is 0.310 e. The molecule has 1 heterocycles. The SMILES string of the molecule is CC(C)(C)CC1C(NC(C)(C)C)OC1(C)C(C)(C)CC(C(=O)OC(C)(C)C)C(C)(C)C. The van der Waals surface area contributed by atoms with Crippen LogP contribution in [-0.2, 0) is 14.3 Å². The second kappa shape index (κ2) is 8.63. The van der Waals surface area contributed by atoms with E-state index in [1.165, 1.54) is 0 Å². The van der Waals surface area contributed by atoms with Gasteiger partial charge in [-0.05, 0) is 77.6 Å². The number of nitrogens with one attached hydrogen (secondary N) is 1. The van der Waals surface area contributed by atoms with E-state index < -0.39 is 5.60 Å². The highest BCUT2D eigenvalue weighted by Gasteiger charge is 2.61. The highest BCUT2D eigenvalue weighted by Crippen LogP contribution is 2.57. The molecule has 1 N–H and O–H groups in total. The van der Waals surface area contributed by atoms with Crippen LogP contribution in [0.1, 0.15) is 117 Å². The lowest BCUT2D eigenvalue weighted by atomic mass is 9.57. The van der Waals surface area contributed by atoms with Crippen LogP contribution in [0.5, 0.6) is 0 Å². The monoisotopic (exact) mass is 439 g/mol. The normalized spacial score (nSPS) is 26.9. The molecule has 0 aromatic rings. The lowest BCUT2D eigenvalue weighted by Crippen LogP contribution is -2.72. The molecule has 1 fully saturated rings. The molecular formula is C27H53NO3. The lowest BCUT2D eigenvalue weighted by molar-refractivity contribution is -0.320. The van der Waals surface area contributed by atoms with Crippen molar-refractivity contribution in [3.8, 4) is 0 Å². The third kappa shape index (κ3) is 7.74. The van der Waals surface area contributed by atoms with Gasteiger partial charge >= 0.3 is 5.97 Å². The third-order valence-corrected chi connectivity index (χ3v) is 6.65. The standard InChI is InChI=1S/C27H53NO3/c1-22(2,3)16-18-20(28-24(7,8)9)30-27(18,15)26(13,14)17-19(23(4,5)6)21(29)31-25(10,11)12/h18-20,28H,16-17H2,1-15H3. The Balaban J connectivity index is 3.23. The van der Waals surface area contributed by atoms with Crippen molar-refractivity contribution in [2.24, 2.45) is 28.1 Å². The largest absolute Gasteiger partial charge is 0.460 e. The maximum Gasteiger partial charge on any atom is 0.310 e. The van der Waals surface area contributed by atoms with Crippen LogP contribution >= 0.6 is 0 Å². The summed E-state index contributed by atoms with van der Waals surface area (Å²) in [5.74, 6) is 0.0563. The van der Waals surface area contributed by atoms with Crippen molar-refractivity contribution in [2.75, 3.05) is 0 Å². The minimum atomic E-state index is -0.488. The van der Waals surface area contributed by atoms with Gasteiger partial charge in [0.25, 0.3) is 0 Å². The topological polar surface area (TPSA) is 47.6 Å². The highest BCUT2D eigenvalue weighted by atomic mass is 16.6. The number of esters is 1. The molecule has 0 aromatic carbocycles. The molecule has 184 valence electrons. The first-order valence-electron chi connectivity index (χ1n) is 12.1. The molecular weight excluding hydrogens is 386 g/mol. The molecule has 31 heavy (non-hydrogen) atoms. The van der Waals surface area contributed by atoms with Crippen LogP contribution in [0.4, 0.5) is 0 Å². The second-order valence-electron chi connectivity index (χ2n) is 15.0. The number of carbonyl (C=O) groups is 1. The van der Waals surface area contributed by atoms with Gasteiger partial charge < -0.3 is 9.47 Å². The zero-order chi connectivity index (χ0) is 24.8. The van der Waals surface area contributed by atoms with Gasteiger partial charge in [0.2, 0.25) is 0 Å². The summed E-state index contributed by atoms with van der Waals surface area (Å²) in [7, 11) is 0. The number of ether oxygens (including phenoxy) is 2. The Morgan fingerprint density at radius 1 is 0.935 bits per heavy atom. The van der Waals surface area contributed by atoms with Crippen LogP contribution in [-0.4, -0.2) is 28.9 Å². The molecule has 1 aliphatic rings. The summed E-state index contributed by atoms with van der Waals surface area (Å²) in [6.07, 6.45) is 1.82. The van der Waals surface area contributed by atoms with E-state index in [2.05, 4.69) is 88.4 Å². The predicted molar refractivity (Wildman–Crippen MR) is 131 cm³/mol. The van der Waals surface area contributed by atoms with Crippen molar-refractivity contribution < 1.29 is 14.3 Å². The average Bonchev–Trinajstić information content (AvgIpc) is 2.44. The van der Waals surface area contributed by atoms with Gasteiger partial charge in [0, 0.05) is 11.5 Å². The molecule has 1 rings (SSSR count). The van der Waals surface area contributed by atoms with Crippen LogP contribution < -0.4 is 5.32 Å². The van der Waals surface area contributed by atoms with Gasteiger partial charge in [-0.3, -0.25) is 10.1 Å². The number of hydrogen-bond acceptors (Lipinski definition) is 4. The van der Waals surface area contributed by atoms with Crippen molar-refractivity contribution in [2.45, 2.75) is 140 Å². The Bertz CT molecular complexity index is 625. The first-order chi connectivity index (χ1) is 13.4. The Morgan fingerprint density at radius 3 is 1.77 bits per heavy atom. The molecule has 1 aliphatic heterocycles. The van der Waals surface area contributed by atoms with Gasteiger partial charge in [0.1, 0.15) is 11.8 Å². The van der Waals surface area contributed by atoms with E-state index in [9.17, 15) is 4.79 Å². The van der Waals surface area contributed by atoms with E-state index >= 15 is 0 Å². The van der Waals surface area contributed by atoms with Crippen molar-refractivity contribution in [3.63, 3.8) is 0 Å². The number of hydrogen-bond donors (Lipinski definition) is 1. The van der Waals surface area contributed by atoms with Crippen LogP contribution in [0.15, 0.2) is 0 Å². The molecule has 0 amide bonds. The third-order valence-electron chi connectivity index (χ3n) is 6.65. The van der Waals surface area contributed by atoms with Crippen LogP contribution in [0.2, 0.25) is 0 Å². The van der Waals surface area contributed by atoms with E-state index in [4.69, 9.17) is 9.47 Å². The Labute approximate surface area is 193 Å². The maximum absolute atomic E-state index is 13.2. The summed E-state index contributed by atoms with van der Waals surface area (Å²) in [4.78, 5) is 13.2. The molecule has 4 atom stereocenters. The summed E-state index contributed by atoms with van der Waals surface area (Å²) < 4.78 is 12.5. The fraction of sp³-hybridized carbons (Fsp3) is 0.963. The van der Waals surface area contributed by atoms with Crippen molar-refractivity contribution in [1.29, 1.82) is 0 Å². The summed E-state index contributed by atoms with van der Waals surface area (Å²) in [6, 6.07) is 0. The fourth-order valence-electron chi connectivity index (χ4n) is 4.66. The summed E-state index contributed by atoms with van der Waals surface area (Å²) in [5.41, 5.74) is -1.03. The molecule has 4 nitrogen and oxygen atoms in total. The fourth-order valence-corrected chi connectivity index (χ4v) is 4.66. The van der Waals surface area contributed by atoms with Gasteiger partial charge in [0.05, 0.1) is 11.5 Å². The Kier molecular flexibility index (Phi) is 7.91. The summed E-state index contributed by atoms with van der Waals surface area (Å²) in [5, 5.41) is 3.68. The minimum Gasteiger partial charge on any atom is -0.460 e. The Hall–Kier alpha value is -0.610. The van der Waals surface area contributed by atoms with E-state index in [-0.39, 0.29) is 45.5 Å². The quantitative estimate of drug-likeness (QED) is 0.454. The van der Waals surface area contributed by atoms with Crippen LogP contribution in [0.3, 0.4) is 0 Å². The molecule has 4 heteroatoms. The zero-order valence-electron chi connectivity index (χ0n) is 23.4. The summed E-state index contributed by atoms with van der Waals surface area (Å²) in [6.45, 7) is 32.4. The van der Waals surface area contributed by atoms with E-state index in [0.29, 0.717) is 5.92 Å². The highest BCUT2D eigenvalue weighted by molar-refractivity contribution is 5.73. The summed E-state index contributed by atoms with van der Waals surface area (Å²) >= 11 is 0. The molecule has 0 radical (unpaired) electrons. The molecule has 1 saturated heterocycles. The molecule has 0 aliphatic carbocycles. The first kappa shape index (κ1) is 28.4. The van der Waals surface area contributed by atoms with Crippen molar-refractivity contribution in [3.05, 3.63) is 0 Å². The zero-order valence-corrected chi connectivity index (χ0v) is 23.4. The lowest BCUT2D eigenvalue weighted by Gasteiger charge is -2.63. The van der Waals surface area contributed by atoms with E-state index in [1.54, 1.807) is 0 Å². The van der Waals surface area contributed by atoms with Crippen LogP contribution in [0.25, 0.3) is 0 Å². The predicted octanol–water partition coefficient (Wildman–Crippen LogP) is 6.96. The molecule has 4 unspecified atom stereocenters. The van der Waals surface area contributed by atoms with Crippen LogP contribution in [0, 0.1) is 28.1 Å². The molecule has 0 spiro atoms. The Morgan fingerprint density at radius 2 is 1.42 bits per heavy atom. The molecule has 0 saturated carbocycles. The first-order valence-corrected chi connectivity index (χ1v) is 12.1. The second-order valence-corrected chi connectivity index (χ2v) is 15.0. The number of rotatable bonds is 6. The van der Waals surface area contributed by atoms with E-state index in [0.717, 1.165) is 12.8 Å². The van der Waals surface area contributed by atoms with Gasteiger partial charge in [-0.1, -0.05) is 55.4 Å². The van der Waals surface area contributed by atoms with Gasteiger partial charge in [-0.15, -0.1) is 0 Å². The molecule has 0 bridgehead atoms. The molecule has 0 aromatic heterocycles. The van der Waals surface area contributed by atoms with Crippen molar-refractivity contribution >= 4 is 5.97 Å². The van der Waals surface area contributed by atoms with Gasteiger partial charge in [-0.25, -0.2) is 0 Å². The van der Waals surface area contributed by atoms with Gasteiger partial charge in [0.15, 0.2) is 0 Å². The van der Waals surface area contributed by atoms with Gasteiger partial charge in [-0.2, -0.15) is 0 Å². The average molecular weight is 440 g/mol. The van der Waals surface area contributed by atoms with E-state index in [1.807, 2.05) is 20.8 Å². The van der Waals surface area contributed by atoms with Crippen molar-refractivity contribution in [1.82, 2.24) is 5.32 Å².